The van der Waals surface area contributed by atoms with E-state index in [4.69, 9.17) is 11.6 Å². The smallest absolute Gasteiger partial charge is 0.155 e. The number of hydrogen-bond acceptors (Lipinski definition) is 2. The average molecular weight is 287 g/mol. The van der Waals surface area contributed by atoms with Crippen molar-refractivity contribution in [3.8, 4) is 0 Å². The maximum atomic E-state index is 6.37. The van der Waals surface area contributed by atoms with E-state index in [2.05, 4.69) is 36.0 Å². The van der Waals surface area contributed by atoms with Crippen molar-refractivity contribution in [3.63, 3.8) is 0 Å². The van der Waals surface area contributed by atoms with E-state index >= 15 is 0 Å². The third kappa shape index (κ3) is 2.45. The van der Waals surface area contributed by atoms with Crippen LogP contribution in [0, 0.1) is 5.92 Å². The number of rotatable bonds is 2. The van der Waals surface area contributed by atoms with Crippen LogP contribution in [0.1, 0.15) is 44.6 Å². The molecular weight excluding hydrogens is 268 g/mol. The van der Waals surface area contributed by atoms with Gasteiger partial charge in [-0.1, -0.05) is 43.6 Å². The number of aliphatic imine (C=N–C) groups is 1. The van der Waals surface area contributed by atoms with Gasteiger partial charge in [-0.3, -0.25) is 4.99 Å². The summed E-state index contributed by atoms with van der Waals surface area (Å²) in [6.45, 7) is 4.55. The highest BCUT2D eigenvalue weighted by atomic mass is 35.5. The van der Waals surface area contributed by atoms with Crippen LogP contribution in [0.25, 0.3) is 10.9 Å². The number of nitrogens with zero attached hydrogens (tertiary/aromatic N) is 2. The third-order valence-electron chi connectivity index (χ3n) is 3.89. The van der Waals surface area contributed by atoms with Crippen molar-refractivity contribution < 1.29 is 0 Å². The van der Waals surface area contributed by atoms with Crippen molar-refractivity contribution in [2.45, 2.75) is 39.0 Å². The molecule has 2 heterocycles. The van der Waals surface area contributed by atoms with Crippen LogP contribution in [0.2, 0.25) is 5.15 Å². The van der Waals surface area contributed by atoms with Crippen molar-refractivity contribution in [2.75, 3.05) is 0 Å². The van der Waals surface area contributed by atoms with E-state index in [1.54, 1.807) is 0 Å². The molecule has 0 aliphatic carbocycles. The molecule has 1 aromatic heterocycles. The van der Waals surface area contributed by atoms with Gasteiger partial charge in [0.1, 0.15) is 5.69 Å². The molecule has 0 saturated heterocycles. The van der Waals surface area contributed by atoms with Crippen LogP contribution in [-0.2, 0) is 0 Å². The van der Waals surface area contributed by atoms with Crippen LogP contribution in [0.15, 0.2) is 29.3 Å². The number of para-hydroxylation sites is 1. The van der Waals surface area contributed by atoms with Gasteiger partial charge < -0.3 is 0 Å². The largest absolute Gasteiger partial charge is 0.258 e. The van der Waals surface area contributed by atoms with Crippen LogP contribution < -0.4 is 0 Å². The summed E-state index contributed by atoms with van der Waals surface area (Å²) in [4.78, 5) is 9.07. The topological polar surface area (TPSA) is 25.2 Å². The van der Waals surface area contributed by atoms with Crippen molar-refractivity contribution in [3.05, 3.63) is 35.0 Å². The minimum atomic E-state index is 0.512. The summed E-state index contributed by atoms with van der Waals surface area (Å²) in [6, 6.07) is 8.25. The second-order valence-electron chi connectivity index (χ2n) is 5.90. The molecule has 0 spiro atoms. The minimum Gasteiger partial charge on any atom is -0.258 e. The maximum Gasteiger partial charge on any atom is 0.155 e. The molecule has 1 aliphatic heterocycles. The zero-order valence-electron chi connectivity index (χ0n) is 11.9. The first-order chi connectivity index (χ1) is 9.66. The van der Waals surface area contributed by atoms with E-state index in [0.29, 0.717) is 17.0 Å². The van der Waals surface area contributed by atoms with E-state index in [9.17, 15) is 0 Å². The Bertz CT molecular complexity index is 661. The normalized spacial score (nSPS) is 18.3. The van der Waals surface area contributed by atoms with E-state index in [1.807, 2.05) is 18.3 Å². The molecule has 1 aromatic carbocycles. The fraction of sp³-hybridized carbons (Fsp3) is 0.412. The van der Waals surface area contributed by atoms with Gasteiger partial charge in [0.2, 0.25) is 0 Å². The maximum absolute atomic E-state index is 6.37. The Hall–Kier alpha value is -1.41. The van der Waals surface area contributed by atoms with Crippen molar-refractivity contribution in [2.24, 2.45) is 10.9 Å². The third-order valence-corrected chi connectivity index (χ3v) is 4.16. The predicted octanol–water partition coefficient (Wildman–Crippen LogP) is 5.51. The lowest BCUT2D eigenvalue weighted by Gasteiger charge is -2.21. The summed E-state index contributed by atoms with van der Waals surface area (Å²) in [6.07, 6.45) is 5.30. The molecule has 0 amide bonds. The van der Waals surface area contributed by atoms with Gasteiger partial charge in [-0.15, -0.1) is 0 Å². The van der Waals surface area contributed by atoms with Gasteiger partial charge in [0.15, 0.2) is 5.15 Å². The number of halogens is 1. The average Bonchev–Trinajstić information content (AvgIpc) is 2.62. The standard InChI is InChI=1S/C17H19ClN2/c1-11(2)10-12-6-5-9-19-16-15(12)13-7-3-4-8-14(13)20-17(16)18/h3-4,7-9,11-12H,5-6,10H2,1-2H3. The van der Waals surface area contributed by atoms with E-state index in [1.165, 1.54) is 17.4 Å². The molecule has 0 saturated carbocycles. The minimum absolute atomic E-state index is 0.512. The van der Waals surface area contributed by atoms with Crippen molar-refractivity contribution in [1.82, 2.24) is 4.98 Å². The number of hydrogen-bond donors (Lipinski definition) is 0. The molecule has 0 radical (unpaired) electrons. The zero-order valence-corrected chi connectivity index (χ0v) is 12.7. The SMILES string of the molecule is CC(C)CC1CCC=Nc2c(Cl)nc3ccccc3c21. The molecule has 104 valence electrons. The molecule has 1 unspecified atom stereocenters. The monoisotopic (exact) mass is 286 g/mol. The predicted molar refractivity (Wildman–Crippen MR) is 86.3 cm³/mol. The number of fused-ring (bicyclic) bond motifs is 3. The van der Waals surface area contributed by atoms with Crippen molar-refractivity contribution >= 4 is 34.4 Å². The van der Waals surface area contributed by atoms with E-state index in [-0.39, 0.29) is 0 Å². The van der Waals surface area contributed by atoms with Gasteiger partial charge >= 0.3 is 0 Å². The Morgan fingerprint density at radius 1 is 1.30 bits per heavy atom. The lowest BCUT2D eigenvalue weighted by atomic mass is 9.85. The summed E-state index contributed by atoms with van der Waals surface area (Å²) < 4.78 is 0. The number of benzene rings is 1. The van der Waals surface area contributed by atoms with Gasteiger partial charge in [-0.25, -0.2) is 4.98 Å². The van der Waals surface area contributed by atoms with Gasteiger partial charge in [-0.2, -0.15) is 0 Å². The fourth-order valence-electron chi connectivity index (χ4n) is 3.11. The molecule has 20 heavy (non-hydrogen) atoms. The van der Waals surface area contributed by atoms with Gasteiger partial charge in [-0.05, 0) is 42.7 Å². The highest BCUT2D eigenvalue weighted by Crippen LogP contribution is 2.43. The molecule has 3 heteroatoms. The second-order valence-corrected chi connectivity index (χ2v) is 6.26. The van der Waals surface area contributed by atoms with Gasteiger partial charge in [0.25, 0.3) is 0 Å². The van der Waals surface area contributed by atoms with E-state index < -0.39 is 0 Å². The summed E-state index contributed by atoms with van der Waals surface area (Å²) in [5.41, 5.74) is 3.15. The Balaban J connectivity index is 2.26. The molecule has 1 aliphatic rings. The Morgan fingerprint density at radius 3 is 2.90 bits per heavy atom. The van der Waals surface area contributed by atoms with Gasteiger partial charge in [0, 0.05) is 11.6 Å². The second kappa shape index (κ2) is 5.53. The number of pyridine rings is 1. The first-order valence-corrected chi connectivity index (χ1v) is 7.65. The first kappa shape index (κ1) is 13.6. The molecular formula is C17H19ClN2. The van der Waals surface area contributed by atoms with Crippen LogP contribution in [-0.4, -0.2) is 11.2 Å². The molecule has 3 rings (SSSR count). The lowest BCUT2D eigenvalue weighted by Crippen LogP contribution is -2.04. The summed E-state index contributed by atoms with van der Waals surface area (Å²) in [7, 11) is 0. The molecule has 0 bridgehead atoms. The summed E-state index contributed by atoms with van der Waals surface area (Å²) >= 11 is 6.37. The highest BCUT2D eigenvalue weighted by molar-refractivity contribution is 6.32. The summed E-state index contributed by atoms with van der Waals surface area (Å²) in [5.74, 6) is 1.18. The fourth-order valence-corrected chi connectivity index (χ4v) is 3.35. The lowest BCUT2D eigenvalue weighted by molar-refractivity contribution is 0.487. The van der Waals surface area contributed by atoms with Gasteiger partial charge in [0.05, 0.1) is 5.52 Å². The Kier molecular flexibility index (Phi) is 3.75. The summed E-state index contributed by atoms with van der Waals surface area (Å²) in [5, 5.41) is 1.74. The Labute approximate surface area is 124 Å². The van der Waals surface area contributed by atoms with Crippen LogP contribution in [0.3, 0.4) is 0 Å². The molecule has 0 fully saturated rings. The first-order valence-electron chi connectivity index (χ1n) is 7.27. The quantitative estimate of drug-likeness (QED) is 0.668. The number of aromatic nitrogens is 1. The van der Waals surface area contributed by atoms with E-state index in [0.717, 1.165) is 24.0 Å². The van der Waals surface area contributed by atoms with Crippen LogP contribution in [0.5, 0.6) is 0 Å². The molecule has 2 aromatic rings. The van der Waals surface area contributed by atoms with Crippen molar-refractivity contribution in [1.29, 1.82) is 0 Å². The molecule has 2 nitrogen and oxygen atoms in total. The molecule has 1 atom stereocenters. The molecule has 0 N–H and O–H groups in total. The van der Waals surface area contributed by atoms with Crippen LogP contribution >= 0.6 is 11.6 Å². The zero-order chi connectivity index (χ0) is 14.1. The Morgan fingerprint density at radius 2 is 2.10 bits per heavy atom. The van der Waals surface area contributed by atoms with Crippen LogP contribution in [0.4, 0.5) is 5.69 Å². The highest BCUT2D eigenvalue weighted by Gasteiger charge is 2.23.